The normalized spacial score (nSPS) is 16.0. The van der Waals surface area contributed by atoms with E-state index in [1.165, 1.54) is 0 Å². The molecule has 5 rings (SSSR count). The number of hydrogen-bond donors (Lipinski definition) is 2. The Labute approximate surface area is 254 Å². The first-order chi connectivity index (χ1) is 20.6. The number of ether oxygens (including phenoxy) is 3. The fraction of sp³-hybridized carbons (Fsp3) is 0.412. The second-order valence-electron chi connectivity index (χ2n) is 12.1. The van der Waals surface area contributed by atoms with Crippen molar-refractivity contribution in [1.82, 2.24) is 4.90 Å². The van der Waals surface area contributed by atoms with Gasteiger partial charge >= 0.3 is 6.09 Å². The fourth-order valence-corrected chi connectivity index (χ4v) is 5.16. The van der Waals surface area contributed by atoms with Crippen molar-refractivity contribution in [2.24, 2.45) is 0 Å². The van der Waals surface area contributed by atoms with E-state index in [2.05, 4.69) is 27.7 Å². The van der Waals surface area contributed by atoms with Gasteiger partial charge in [-0.2, -0.15) is 0 Å². The van der Waals surface area contributed by atoms with Crippen molar-refractivity contribution < 1.29 is 23.8 Å². The van der Waals surface area contributed by atoms with E-state index >= 15 is 0 Å². The molecular weight excluding hydrogens is 544 g/mol. The lowest BCUT2D eigenvalue weighted by Crippen LogP contribution is -2.44. The predicted molar refractivity (Wildman–Crippen MR) is 170 cm³/mol. The topological polar surface area (TPSA) is 92.4 Å². The average molecular weight is 587 g/mol. The summed E-state index contributed by atoms with van der Waals surface area (Å²) in [6, 6.07) is 21.5. The first kappa shape index (κ1) is 30.2. The highest BCUT2D eigenvalue weighted by molar-refractivity contribution is 6.05. The van der Waals surface area contributed by atoms with E-state index in [9.17, 15) is 9.59 Å². The highest BCUT2D eigenvalue weighted by Crippen LogP contribution is 2.27. The van der Waals surface area contributed by atoms with E-state index in [4.69, 9.17) is 14.2 Å². The summed E-state index contributed by atoms with van der Waals surface area (Å²) in [5.74, 6) is 0.515. The maximum Gasteiger partial charge on any atom is 0.410 e. The van der Waals surface area contributed by atoms with Crippen LogP contribution < -0.4 is 20.3 Å². The Bertz CT molecular complexity index is 1410. The zero-order valence-electron chi connectivity index (χ0n) is 25.5. The van der Waals surface area contributed by atoms with Crippen molar-refractivity contribution in [3.05, 3.63) is 77.9 Å². The van der Waals surface area contributed by atoms with Gasteiger partial charge in [-0.05, 0) is 87.9 Å². The molecule has 2 heterocycles. The van der Waals surface area contributed by atoms with Gasteiger partial charge in [0.15, 0.2) is 0 Å². The van der Waals surface area contributed by atoms with Crippen molar-refractivity contribution in [2.75, 3.05) is 54.9 Å². The van der Waals surface area contributed by atoms with Crippen LogP contribution in [0.4, 0.5) is 27.5 Å². The molecule has 2 amide bonds. The molecule has 0 spiro atoms. The Morgan fingerprint density at radius 2 is 1.58 bits per heavy atom. The van der Waals surface area contributed by atoms with E-state index in [1.807, 2.05) is 70.2 Å². The summed E-state index contributed by atoms with van der Waals surface area (Å²) < 4.78 is 17.1. The summed E-state index contributed by atoms with van der Waals surface area (Å²) in [7, 11) is 0. The maximum atomic E-state index is 13.1. The van der Waals surface area contributed by atoms with Crippen LogP contribution in [0.25, 0.3) is 0 Å². The highest BCUT2D eigenvalue weighted by atomic mass is 16.6. The molecule has 2 aliphatic heterocycles. The van der Waals surface area contributed by atoms with Crippen LogP contribution >= 0.6 is 0 Å². The minimum Gasteiger partial charge on any atom is -0.490 e. The molecule has 0 aliphatic carbocycles. The summed E-state index contributed by atoms with van der Waals surface area (Å²) in [5.41, 5.74) is 4.79. The van der Waals surface area contributed by atoms with Crippen LogP contribution in [0.2, 0.25) is 0 Å². The van der Waals surface area contributed by atoms with Gasteiger partial charge in [-0.15, -0.1) is 0 Å². The zero-order chi connectivity index (χ0) is 30.4. The Morgan fingerprint density at radius 3 is 2.28 bits per heavy atom. The van der Waals surface area contributed by atoms with Gasteiger partial charge in [0.2, 0.25) is 0 Å². The molecule has 2 aliphatic rings. The Hall–Kier alpha value is -4.24. The number of aryl methyl sites for hydroxylation is 1. The molecule has 3 aromatic carbocycles. The van der Waals surface area contributed by atoms with Crippen LogP contribution in [-0.2, 0) is 9.47 Å². The van der Waals surface area contributed by atoms with Crippen LogP contribution in [0.15, 0.2) is 66.7 Å². The number of rotatable bonds is 7. The smallest absolute Gasteiger partial charge is 0.410 e. The van der Waals surface area contributed by atoms with Crippen molar-refractivity contribution >= 4 is 34.7 Å². The maximum absolute atomic E-state index is 13.1. The molecule has 0 radical (unpaired) electrons. The number of hydrogen-bond acceptors (Lipinski definition) is 7. The summed E-state index contributed by atoms with van der Waals surface area (Å²) >= 11 is 0. The SMILES string of the molecule is Cc1ccc(Nc2cccc(N3CCOCC3)c2)cc1NC(=O)c1ccc(OC2CCN(C(=O)OC(C)(C)C)CC2)cc1. The molecular formula is C34H42N4O5. The van der Waals surface area contributed by atoms with Gasteiger partial charge in [0.25, 0.3) is 5.91 Å². The van der Waals surface area contributed by atoms with Crippen molar-refractivity contribution in [2.45, 2.75) is 52.2 Å². The molecule has 0 aromatic heterocycles. The molecule has 9 heteroatoms. The number of amides is 2. The van der Waals surface area contributed by atoms with Gasteiger partial charge in [-0.3, -0.25) is 4.79 Å². The zero-order valence-corrected chi connectivity index (χ0v) is 25.5. The molecule has 3 aromatic rings. The van der Waals surface area contributed by atoms with Crippen LogP contribution in [0, 0.1) is 6.92 Å². The van der Waals surface area contributed by atoms with Gasteiger partial charge < -0.3 is 34.6 Å². The van der Waals surface area contributed by atoms with Crippen LogP contribution in [-0.4, -0.2) is 68.0 Å². The third-order valence-corrected chi connectivity index (χ3v) is 7.51. The number of likely N-dealkylation sites (tertiary alicyclic amines) is 1. The van der Waals surface area contributed by atoms with Gasteiger partial charge in [-0.25, -0.2) is 4.79 Å². The second-order valence-corrected chi connectivity index (χ2v) is 12.1. The van der Waals surface area contributed by atoms with Crippen molar-refractivity contribution in [1.29, 1.82) is 0 Å². The van der Waals surface area contributed by atoms with Gasteiger partial charge in [-0.1, -0.05) is 12.1 Å². The Kier molecular flexibility index (Phi) is 9.40. The summed E-state index contributed by atoms with van der Waals surface area (Å²) in [4.78, 5) is 29.5. The summed E-state index contributed by atoms with van der Waals surface area (Å²) in [6.07, 6.45) is 1.17. The van der Waals surface area contributed by atoms with E-state index < -0.39 is 5.60 Å². The van der Waals surface area contributed by atoms with E-state index in [1.54, 1.807) is 17.0 Å². The van der Waals surface area contributed by atoms with Crippen LogP contribution in [0.3, 0.4) is 0 Å². The lowest BCUT2D eigenvalue weighted by Gasteiger charge is -2.33. The number of piperidine rings is 1. The summed E-state index contributed by atoms with van der Waals surface area (Å²) in [6.45, 7) is 12.0. The first-order valence-corrected chi connectivity index (χ1v) is 15.0. The lowest BCUT2D eigenvalue weighted by molar-refractivity contribution is 0.0126. The Balaban J connectivity index is 1.15. The molecule has 2 N–H and O–H groups in total. The third kappa shape index (κ3) is 8.41. The van der Waals surface area contributed by atoms with Gasteiger partial charge in [0.1, 0.15) is 17.5 Å². The molecule has 43 heavy (non-hydrogen) atoms. The quantitative estimate of drug-likeness (QED) is 0.322. The average Bonchev–Trinajstić information content (AvgIpc) is 2.99. The number of nitrogens with one attached hydrogen (secondary N) is 2. The van der Waals surface area contributed by atoms with Crippen LogP contribution in [0.5, 0.6) is 5.75 Å². The Morgan fingerprint density at radius 1 is 0.884 bits per heavy atom. The molecule has 0 saturated carbocycles. The van der Waals surface area contributed by atoms with E-state index in [0.29, 0.717) is 24.4 Å². The molecule has 0 unspecified atom stereocenters. The van der Waals surface area contributed by atoms with Gasteiger partial charge in [0, 0.05) is 67.3 Å². The molecule has 9 nitrogen and oxygen atoms in total. The van der Waals surface area contributed by atoms with E-state index in [-0.39, 0.29) is 18.1 Å². The number of benzene rings is 3. The van der Waals surface area contributed by atoms with Gasteiger partial charge in [0.05, 0.1) is 13.2 Å². The standard InChI is InChI=1S/C34H42N4O5/c1-24-8-11-27(35-26-6-5-7-28(22-26)37-18-20-41-21-19-37)23-31(24)36-32(39)25-9-12-29(13-10-25)42-30-14-16-38(17-15-30)33(40)43-34(2,3)4/h5-13,22-23,30,35H,14-21H2,1-4H3,(H,36,39). The number of carbonyl (C=O) groups excluding carboxylic acids is 2. The predicted octanol–water partition coefficient (Wildman–Crippen LogP) is 6.61. The summed E-state index contributed by atoms with van der Waals surface area (Å²) in [5, 5.41) is 6.53. The minimum absolute atomic E-state index is 0.00539. The molecule has 0 bridgehead atoms. The number of morpholine rings is 1. The minimum atomic E-state index is -0.507. The monoisotopic (exact) mass is 586 g/mol. The largest absolute Gasteiger partial charge is 0.490 e. The fourth-order valence-electron chi connectivity index (χ4n) is 5.16. The van der Waals surface area contributed by atoms with Crippen molar-refractivity contribution in [3.63, 3.8) is 0 Å². The second kappa shape index (κ2) is 13.4. The highest BCUT2D eigenvalue weighted by Gasteiger charge is 2.27. The molecule has 2 fully saturated rings. The third-order valence-electron chi connectivity index (χ3n) is 7.51. The number of nitrogens with zero attached hydrogens (tertiary/aromatic N) is 2. The first-order valence-electron chi connectivity index (χ1n) is 15.0. The van der Waals surface area contributed by atoms with E-state index in [0.717, 1.165) is 67.5 Å². The molecule has 0 atom stereocenters. The molecule has 2 saturated heterocycles. The van der Waals surface area contributed by atoms with Crippen LogP contribution in [0.1, 0.15) is 49.5 Å². The lowest BCUT2D eigenvalue weighted by atomic mass is 10.1. The molecule has 228 valence electrons. The number of carbonyl (C=O) groups is 2. The van der Waals surface area contributed by atoms with Crippen molar-refractivity contribution in [3.8, 4) is 5.75 Å². The number of anilines is 4.